The first kappa shape index (κ1) is 25.8. The first-order valence-electron chi connectivity index (χ1n) is 11.4. The zero-order valence-electron chi connectivity index (χ0n) is 19.4. The molecule has 2 aromatic rings. The quantitative estimate of drug-likeness (QED) is 0.437. The maximum absolute atomic E-state index is 14.1. The summed E-state index contributed by atoms with van der Waals surface area (Å²) in [5.41, 5.74) is -0.233. The van der Waals surface area contributed by atoms with Gasteiger partial charge in [0.2, 0.25) is 5.88 Å². The van der Waals surface area contributed by atoms with E-state index in [1.165, 1.54) is 19.8 Å². The smallest absolute Gasteiger partial charge is 0.344 e. The molecule has 1 saturated heterocycles. The summed E-state index contributed by atoms with van der Waals surface area (Å²) in [5.74, 6) is -2.86. The van der Waals surface area contributed by atoms with Crippen molar-refractivity contribution in [3.05, 3.63) is 40.5 Å². The minimum atomic E-state index is -1.34. The number of aromatic carboxylic acids is 1. The Morgan fingerprint density at radius 2 is 1.97 bits per heavy atom. The van der Waals surface area contributed by atoms with Crippen molar-refractivity contribution in [1.82, 2.24) is 14.2 Å². The molecule has 0 spiro atoms. The molecule has 2 N–H and O–H groups in total. The maximum Gasteiger partial charge on any atom is 0.344 e. The van der Waals surface area contributed by atoms with Gasteiger partial charge in [-0.2, -0.15) is 4.37 Å². The van der Waals surface area contributed by atoms with Crippen molar-refractivity contribution in [1.29, 1.82) is 0 Å². The summed E-state index contributed by atoms with van der Waals surface area (Å²) in [7, 11) is 0. The van der Waals surface area contributed by atoms with Gasteiger partial charge in [0, 0.05) is 18.7 Å². The zero-order valence-corrected chi connectivity index (χ0v) is 20.2. The predicted molar refractivity (Wildman–Crippen MR) is 126 cm³/mol. The summed E-state index contributed by atoms with van der Waals surface area (Å²) in [6.45, 7) is 7.20. The SMILES string of the molecule is CCN(CCCCN1CCCC1)C(=O)Nc1snc(OCc2cc(F)c(C)cc2F)c1C(=O)O. The fraction of sp³-hybridized carbons (Fsp3) is 0.522. The summed E-state index contributed by atoms with van der Waals surface area (Å²) in [6.07, 6.45) is 4.32. The molecule has 2 amide bonds. The van der Waals surface area contributed by atoms with Gasteiger partial charge in [0.05, 0.1) is 0 Å². The van der Waals surface area contributed by atoms with Gasteiger partial charge in [-0.3, -0.25) is 5.32 Å². The van der Waals surface area contributed by atoms with Crippen LogP contribution in [0.4, 0.5) is 18.6 Å². The van der Waals surface area contributed by atoms with Gasteiger partial charge in [0.15, 0.2) is 5.56 Å². The van der Waals surface area contributed by atoms with Crippen molar-refractivity contribution in [2.45, 2.75) is 46.1 Å². The highest BCUT2D eigenvalue weighted by Crippen LogP contribution is 2.31. The average Bonchev–Trinajstić information content (AvgIpc) is 3.45. The van der Waals surface area contributed by atoms with Gasteiger partial charge in [-0.15, -0.1) is 0 Å². The minimum Gasteiger partial charge on any atom is -0.477 e. The van der Waals surface area contributed by atoms with E-state index in [4.69, 9.17) is 4.74 Å². The van der Waals surface area contributed by atoms with Crippen LogP contribution < -0.4 is 10.1 Å². The molecular weight excluding hydrogens is 466 g/mol. The Kier molecular flexibility index (Phi) is 9.17. The lowest BCUT2D eigenvalue weighted by Gasteiger charge is -2.22. The summed E-state index contributed by atoms with van der Waals surface area (Å²) in [4.78, 5) is 28.6. The van der Waals surface area contributed by atoms with Crippen LogP contribution in [0.25, 0.3) is 0 Å². The van der Waals surface area contributed by atoms with Crippen molar-refractivity contribution in [3.8, 4) is 5.88 Å². The van der Waals surface area contributed by atoms with Gasteiger partial charge >= 0.3 is 12.0 Å². The van der Waals surface area contributed by atoms with E-state index < -0.39 is 30.2 Å². The average molecular weight is 497 g/mol. The molecule has 8 nitrogen and oxygen atoms in total. The number of carbonyl (C=O) groups is 2. The number of hydrogen-bond donors (Lipinski definition) is 2. The van der Waals surface area contributed by atoms with Crippen molar-refractivity contribution in [3.63, 3.8) is 0 Å². The highest BCUT2D eigenvalue weighted by atomic mass is 32.1. The van der Waals surface area contributed by atoms with E-state index >= 15 is 0 Å². The molecule has 0 unspecified atom stereocenters. The fourth-order valence-corrected chi connectivity index (χ4v) is 4.53. The number of anilines is 1. The molecule has 2 heterocycles. The number of nitrogens with zero attached hydrogens (tertiary/aromatic N) is 3. The van der Waals surface area contributed by atoms with Crippen molar-refractivity contribution < 1.29 is 28.2 Å². The van der Waals surface area contributed by atoms with Crippen LogP contribution in [0, 0.1) is 18.6 Å². The number of carboxylic acid groups (broad SMARTS) is 1. The van der Waals surface area contributed by atoms with Crippen LogP contribution in [0.15, 0.2) is 12.1 Å². The van der Waals surface area contributed by atoms with Crippen LogP contribution in [-0.2, 0) is 6.61 Å². The highest BCUT2D eigenvalue weighted by Gasteiger charge is 2.25. The third kappa shape index (κ3) is 6.63. The number of hydrogen-bond acceptors (Lipinski definition) is 6. The number of ether oxygens (including phenoxy) is 1. The normalized spacial score (nSPS) is 13.8. The molecule has 11 heteroatoms. The van der Waals surface area contributed by atoms with Crippen LogP contribution in [-0.4, -0.2) is 64.0 Å². The first-order chi connectivity index (χ1) is 16.3. The summed E-state index contributed by atoms with van der Waals surface area (Å²) in [5, 5.41) is 12.3. The molecule has 1 aliphatic heterocycles. The van der Waals surface area contributed by atoms with Crippen LogP contribution in [0.1, 0.15) is 54.1 Å². The first-order valence-corrected chi connectivity index (χ1v) is 12.2. The number of carboxylic acids is 1. The number of unbranched alkanes of at least 4 members (excludes halogenated alkanes) is 1. The van der Waals surface area contributed by atoms with E-state index in [2.05, 4.69) is 14.6 Å². The topological polar surface area (TPSA) is 95.0 Å². The Morgan fingerprint density at radius 3 is 2.65 bits per heavy atom. The van der Waals surface area contributed by atoms with Crippen LogP contribution >= 0.6 is 11.5 Å². The fourth-order valence-electron chi connectivity index (χ4n) is 3.82. The van der Waals surface area contributed by atoms with E-state index in [-0.39, 0.29) is 27.6 Å². The molecule has 1 aromatic carbocycles. The summed E-state index contributed by atoms with van der Waals surface area (Å²) >= 11 is 0.762. The highest BCUT2D eigenvalue weighted by molar-refractivity contribution is 7.11. The van der Waals surface area contributed by atoms with Crippen LogP contribution in [0.2, 0.25) is 0 Å². The van der Waals surface area contributed by atoms with Crippen molar-refractivity contribution >= 4 is 28.5 Å². The molecule has 1 aliphatic rings. The van der Waals surface area contributed by atoms with E-state index in [1.807, 2.05) is 6.92 Å². The van der Waals surface area contributed by atoms with Gasteiger partial charge in [-0.25, -0.2) is 18.4 Å². The Hall–Kier alpha value is -2.79. The van der Waals surface area contributed by atoms with E-state index in [0.29, 0.717) is 13.1 Å². The van der Waals surface area contributed by atoms with Crippen molar-refractivity contribution in [2.24, 2.45) is 0 Å². The Morgan fingerprint density at radius 1 is 1.24 bits per heavy atom. The Labute approximate surface area is 201 Å². The largest absolute Gasteiger partial charge is 0.477 e. The third-order valence-electron chi connectivity index (χ3n) is 5.81. The predicted octanol–water partition coefficient (Wildman–Crippen LogP) is 4.74. The molecule has 0 bridgehead atoms. The molecule has 34 heavy (non-hydrogen) atoms. The summed E-state index contributed by atoms with van der Waals surface area (Å²) in [6, 6.07) is 1.62. The molecule has 0 saturated carbocycles. The van der Waals surface area contributed by atoms with Gasteiger partial charge in [-0.1, -0.05) is 0 Å². The molecule has 186 valence electrons. The number of carbonyl (C=O) groups excluding carboxylic acids is 1. The number of halogens is 2. The Balaban J connectivity index is 1.59. The molecule has 1 aromatic heterocycles. The number of amides is 2. The monoisotopic (exact) mass is 496 g/mol. The summed E-state index contributed by atoms with van der Waals surface area (Å²) < 4.78 is 37.2. The molecule has 1 fully saturated rings. The van der Waals surface area contributed by atoms with Gasteiger partial charge in [0.25, 0.3) is 0 Å². The second kappa shape index (κ2) is 12.1. The number of benzene rings is 1. The number of likely N-dealkylation sites (tertiary alicyclic amines) is 1. The van der Waals surface area contributed by atoms with E-state index in [0.717, 1.165) is 56.1 Å². The van der Waals surface area contributed by atoms with Crippen LogP contribution in [0.5, 0.6) is 5.88 Å². The van der Waals surface area contributed by atoms with Gasteiger partial charge in [-0.05, 0) is 88.4 Å². The molecule has 0 atom stereocenters. The van der Waals surface area contributed by atoms with Crippen LogP contribution in [0.3, 0.4) is 0 Å². The number of aromatic nitrogens is 1. The second-order valence-electron chi connectivity index (χ2n) is 8.24. The lowest BCUT2D eigenvalue weighted by Crippen LogP contribution is -2.36. The van der Waals surface area contributed by atoms with Gasteiger partial charge in [0.1, 0.15) is 23.2 Å². The lowest BCUT2D eigenvalue weighted by atomic mass is 10.1. The molecular formula is C23H30F2N4O4S. The molecule has 3 rings (SSSR count). The molecule has 0 radical (unpaired) electrons. The third-order valence-corrected chi connectivity index (χ3v) is 6.55. The maximum atomic E-state index is 14.1. The minimum absolute atomic E-state index is 0.0265. The number of rotatable bonds is 11. The Bertz CT molecular complexity index is 1010. The van der Waals surface area contributed by atoms with Crippen molar-refractivity contribution in [2.75, 3.05) is 38.0 Å². The number of nitrogens with one attached hydrogen (secondary N) is 1. The molecule has 0 aliphatic carbocycles. The van der Waals surface area contributed by atoms with Gasteiger partial charge < -0.3 is 19.6 Å². The zero-order chi connectivity index (χ0) is 24.7. The van der Waals surface area contributed by atoms with E-state index in [9.17, 15) is 23.5 Å². The number of aryl methyl sites for hydroxylation is 1. The number of urea groups is 1. The van der Waals surface area contributed by atoms with E-state index in [1.54, 1.807) is 4.90 Å². The second-order valence-corrected chi connectivity index (χ2v) is 9.02. The lowest BCUT2D eigenvalue weighted by molar-refractivity contribution is 0.0693. The standard InChI is InChI=1S/C23H30F2N4O4S/c1-3-29(11-7-6-10-28-8-4-5-9-28)23(32)26-21-19(22(30)31)20(27-34-21)33-14-16-13-17(24)15(2)12-18(16)25/h12-13H,3-11,14H2,1-2H3,(H,26,32)(H,30,31).